The van der Waals surface area contributed by atoms with E-state index in [2.05, 4.69) is 69.9 Å². The maximum Gasteiger partial charge on any atom is 0.328 e. The van der Waals surface area contributed by atoms with Crippen LogP contribution in [0.5, 0.6) is 0 Å². The molecule has 0 spiro atoms. The van der Waals surface area contributed by atoms with E-state index in [9.17, 15) is 4.79 Å². The van der Waals surface area contributed by atoms with E-state index in [-0.39, 0.29) is 5.69 Å². The van der Waals surface area contributed by atoms with Crippen LogP contribution in [0.3, 0.4) is 0 Å². The van der Waals surface area contributed by atoms with Gasteiger partial charge in [0.2, 0.25) is 0 Å². The van der Waals surface area contributed by atoms with Gasteiger partial charge in [-0.05, 0) is 46.9 Å². The van der Waals surface area contributed by atoms with E-state index in [1.54, 1.807) is 6.20 Å². The van der Waals surface area contributed by atoms with E-state index < -0.39 is 0 Å². The molecule has 178 valence electrons. The molecule has 0 saturated carbocycles. The number of hydrogen-bond acceptors (Lipinski definition) is 5. The Balaban J connectivity index is 1.57. The summed E-state index contributed by atoms with van der Waals surface area (Å²) >= 11 is 0. The summed E-state index contributed by atoms with van der Waals surface area (Å²) in [4.78, 5) is 17.6. The number of nitrogens with one attached hydrogen (secondary N) is 1. The smallest absolute Gasteiger partial charge is 0.299 e. The van der Waals surface area contributed by atoms with Crippen molar-refractivity contribution in [1.29, 1.82) is 0 Å². The number of unbranched alkanes of at least 4 members (excludes halogenated alkanes) is 4. The highest BCUT2D eigenvalue weighted by molar-refractivity contribution is 5.77. The minimum absolute atomic E-state index is 0.0963. The van der Waals surface area contributed by atoms with E-state index in [1.807, 2.05) is 21.3 Å². The molecule has 0 saturated heterocycles. The Kier molecular flexibility index (Phi) is 8.01. The van der Waals surface area contributed by atoms with Crippen molar-refractivity contribution < 1.29 is 0 Å². The number of aromatic amines is 1. The standard InChI is InChI=1S/C26H33N7O/c1-3-5-7-10-22-19-32(17-8-6-4-2)26(34)33(22)18-20-12-14-21(15-13-20)23-11-9-16-27-24(23)25-28-30-31-29-25/h9,11-16,19H,3-8,10,17-18H2,1-2H3,(H,28,29,30,31). The molecule has 0 fully saturated rings. The van der Waals surface area contributed by atoms with E-state index in [1.165, 1.54) is 12.8 Å². The molecule has 3 aromatic heterocycles. The zero-order chi connectivity index (χ0) is 23.8. The van der Waals surface area contributed by atoms with Crippen LogP contribution in [0.25, 0.3) is 22.6 Å². The van der Waals surface area contributed by atoms with Gasteiger partial charge in [-0.25, -0.2) is 9.89 Å². The molecule has 1 N–H and O–H groups in total. The lowest BCUT2D eigenvalue weighted by molar-refractivity contribution is 0.572. The highest BCUT2D eigenvalue weighted by atomic mass is 16.1. The molecular weight excluding hydrogens is 426 g/mol. The van der Waals surface area contributed by atoms with Gasteiger partial charge in [0.25, 0.3) is 0 Å². The summed E-state index contributed by atoms with van der Waals surface area (Å²) in [5.74, 6) is 0.535. The van der Waals surface area contributed by atoms with Gasteiger partial charge in [0.1, 0.15) is 5.69 Å². The molecule has 0 bridgehead atoms. The average molecular weight is 460 g/mol. The molecule has 8 heteroatoms. The van der Waals surface area contributed by atoms with Crippen LogP contribution >= 0.6 is 0 Å². The van der Waals surface area contributed by atoms with Crippen molar-refractivity contribution in [1.82, 2.24) is 34.7 Å². The summed E-state index contributed by atoms with van der Waals surface area (Å²) < 4.78 is 3.85. The number of tetrazole rings is 1. The summed E-state index contributed by atoms with van der Waals surface area (Å²) in [5, 5.41) is 14.1. The summed E-state index contributed by atoms with van der Waals surface area (Å²) in [6.07, 6.45) is 11.5. The SMILES string of the molecule is CCCCCc1cn(CCCCC)c(=O)n1Cc1ccc(-c2cccnc2-c2nnn[nH]2)cc1. The van der Waals surface area contributed by atoms with Gasteiger partial charge < -0.3 is 0 Å². The lowest BCUT2D eigenvalue weighted by Gasteiger charge is -2.10. The van der Waals surface area contributed by atoms with Crippen molar-refractivity contribution in [3.63, 3.8) is 0 Å². The lowest BCUT2D eigenvalue weighted by Crippen LogP contribution is -2.25. The second-order valence-corrected chi connectivity index (χ2v) is 8.69. The van der Waals surface area contributed by atoms with Crippen LogP contribution < -0.4 is 5.69 Å². The van der Waals surface area contributed by atoms with Gasteiger partial charge in [-0.3, -0.25) is 14.1 Å². The number of nitrogens with zero attached hydrogens (tertiary/aromatic N) is 6. The van der Waals surface area contributed by atoms with E-state index in [0.717, 1.165) is 61.0 Å². The van der Waals surface area contributed by atoms with E-state index in [4.69, 9.17) is 0 Å². The molecule has 1 aromatic carbocycles. The number of aryl methyl sites for hydroxylation is 2. The maximum atomic E-state index is 13.2. The van der Waals surface area contributed by atoms with Gasteiger partial charge in [0.15, 0.2) is 5.82 Å². The Labute approximate surface area is 200 Å². The molecule has 34 heavy (non-hydrogen) atoms. The Morgan fingerprint density at radius 1 is 0.971 bits per heavy atom. The van der Waals surface area contributed by atoms with Crippen LogP contribution in [-0.4, -0.2) is 34.7 Å². The van der Waals surface area contributed by atoms with E-state index >= 15 is 0 Å². The Morgan fingerprint density at radius 3 is 2.50 bits per heavy atom. The fraction of sp³-hybridized carbons (Fsp3) is 0.423. The molecule has 4 aromatic rings. The van der Waals surface area contributed by atoms with Gasteiger partial charge in [0.05, 0.1) is 6.54 Å². The Morgan fingerprint density at radius 2 is 1.76 bits per heavy atom. The van der Waals surface area contributed by atoms with Gasteiger partial charge in [-0.2, -0.15) is 0 Å². The normalized spacial score (nSPS) is 11.2. The summed E-state index contributed by atoms with van der Waals surface area (Å²) in [6, 6.07) is 12.2. The Bertz CT molecular complexity index is 1220. The van der Waals surface area contributed by atoms with Crippen LogP contribution in [0, 0.1) is 0 Å². The highest BCUT2D eigenvalue weighted by Gasteiger charge is 2.14. The van der Waals surface area contributed by atoms with E-state index in [0.29, 0.717) is 18.1 Å². The van der Waals surface area contributed by atoms with Gasteiger partial charge >= 0.3 is 5.69 Å². The minimum Gasteiger partial charge on any atom is -0.299 e. The van der Waals surface area contributed by atoms with Crippen LogP contribution in [0.2, 0.25) is 0 Å². The van der Waals surface area contributed by atoms with Gasteiger partial charge in [-0.1, -0.05) is 69.9 Å². The monoisotopic (exact) mass is 459 g/mol. The van der Waals surface area contributed by atoms with Crippen LogP contribution in [-0.2, 0) is 19.5 Å². The predicted molar refractivity (Wildman–Crippen MR) is 133 cm³/mol. The second kappa shape index (κ2) is 11.5. The molecule has 4 rings (SSSR count). The van der Waals surface area contributed by atoms with Crippen molar-refractivity contribution in [2.45, 2.75) is 71.9 Å². The largest absolute Gasteiger partial charge is 0.328 e. The zero-order valence-electron chi connectivity index (χ0n) is 20.1. The molecule has 0 unspecified atom stereocenters. The lowest BCUT2D eigenvalue weighted by atomic mass is 10.0. The predicted octanol–water partition coefficient (Wildman–Crippen LogP) is 4.86. The molecule has 3 heterocycles. The van der Waals surface area contributed by atoms with Gasteiger partial charge in [0, 0.05) is 30.2 Å². The number of imidazole rings is 1. The van der Waals surface area contributed by atoms with Crippen LogP contribution in [0.15, 0.2) is 53.6 Å². The molecule has 0 atom stereocenters. The maximum absolute atomic E-state index is 13.2. The van der Waals surface area contributed by atoms with Crippen molar-refractivity contribution in [3.8, 4) is 22.6 Å². The molecule has 0 aliphatic heterocycles. The number of pyridine rings is 1. The first-order valence-electron chi connectivity index (χ1n) is 12.3. The second-order valence-electron chi connectivity index (χ2n) is 8.69. The summed E-state index contributed by atoms with van der Waals surface area (Å²) in [7, 11) is 0. The first-order valence-corrected chi connectivity index (χ1v) is 12.3. The molecule has 0 radical (unpaired) electrons. The fourth-order valence-corrected chi connectivity index (χ4v) is 4.26. The number of hydrogen-bond donors (Lipinski definition) is 1. The molecule has 8 nitrogen and oxygen atoms in total. The zero-order valence-corrected chi connectivity index (χ0v) is 20.1. The van der Waals surface area contributed by atoms with Crippen LogP contribution in [0.1, 0.15) is 63.6 Å². The first-order chi connectivity index (χ1) is 16.7. The van der Waals surface area contributed by atoms with Crippen molar-refractivity contribution >= 4 is 0 Å². The molecular formula is C26H33N7O. The van der Waals surface area contributed by atoms with Crippen LogP contribution in [0.4, 0.5) is 0 Å². The minimum atomic E-state index is 0.0963. The van der Waals surface area contributed by atoms with Crippen molar-refractivity contribution in [2.24, 2.45) is 0 Å². The van der Waals surface area contributed by atoms with Crippen molar-refractivity contribution in [2.75, 3.05) is 0 Å². The molecule has 0 aliphatic rings. The third-order valence-electron chi connectivity index (χ3n) is 6.15. The third-order valence-corrected chi connectivity index (χ3v) is 6.15. The van der Waals surface area contributed by atoms with Gasteiger partial charge in [-0.15, -0.1) is 5.10 Å². The van der Waals surface area contributed by atoms with Crippen molar-refractivity contribution in [3.05, 3.63) is 70.5 Å². The number of aromatic nitrogens is 7. The first kappa shape index (κ1) is 23.6. The number of rotatable bonds is 12. The summed E-state index contributed by atoms with van der Waals surface area (Å²) in [6.45, 7) is 5.76. The average Bonchev–Trinajstić information content (AvgIpc) is 3.50. The Hall–Kier alpha value is -3.55. The number of H-pyrrole nitrogens is 1. The number of benzene rings is 1. The molecule has 0 aliphatic carbocycles. The quantitative estimate of drug-likeness (QED) is 0.305. The molecule has 0 amide bonds. The third kappa shape index (κ3) is 5.50. The summed E-state index contributed by atoms with van der Waals surface area (Å²) in [5.41, 5.74) is 5.01. The topological polar surface area (TPSA) is 94.3 Å². The fourth-order valence-electron chi connectivity index (χ4n) is 4.26. The highest BCUT2D eigenvalue weighted by Crippen LogP contribution is 2.28.